The lowest BCUT2D eigenvalue weighted by Crippen LogP contribution is -1.95. The number of hydrogen-bond acceptors (Lipinski definition) is 2. The molecule has 0 amide bonds. The minimum absolute atomic E-state index is 0.307. The molecule has 76 valence electrons. The van der Waals surface area contributed by atoms with Crippen molar-refractivity contribution in [3.05, 3.63) is 58.6 Å². The minimum atomic E-state index is 0.307. The van der Waals surface area contributed by atoms with Crippen LogP contribution in [0.2, 0.25) is 5.28 Å². The van der Waals surface area contributed by atoms with Crippen LogP contribution in [-0.2, 0) is 6.42 Å². The lowest BCUT2D eigenvalue weighted by atomic mass is 10.0. The Morgan fingerprint density at radius 2 is 2.00 bits per heavy atom. The molecule has 0 fully saturated rings. The van der Waals surface area contributed by atoms with Crippen molar-refractivity contribution in [3.8, 4) is 0 Å². The third kappa shape index (κ3) is 2.54. The molecular weight excluding hydrogens is 208 g/mol. The number of rotatable bonds is 2. The van der Waals surface area contributed by atoms with Gasteiger partial charge in [0.15, 0.2) is 0 Å². The van der Waals surface area contributed by atoms with Crippen molar-refractivity contribution in [3.63, 3.8) is 0 Å². The molecule has 0 aliphatic rings. The molecular formula is C12H11ClN2. The Balaban J connectivity index is 2.26. The molecule has 0 saturated heterocycles. The second-order valence-corrected chi connectivity index (χ2v) is 3.76. The maximum absolute atomic E-state index is 5.73. The molecule has 0 radical (unpaired) electrons. The predicted octanol–water partition coefficient (Wildman–Crippen LogP) is 3.03. The third-order valence-corrected chi connectivity index (χ3v) is 2.50. The molecule has 0 spiro atoms. The van der Waals surface area contributed by atoms with Crippen molar-refractivity contribution in [1.82, 2.24) is 9.97 Å². The van der Waals surface area contributed by atoms with Gasteiger partial charge in [-0.05, 0) is 35.7 Å². The van der Waals surface area contributed by atoms with Crippen LogP contribution >= 0.6 is 11.6 Å². The SMILES string of the molecule is Cc1ccccc1Cc1ccnc(Cl)n1. The van der Waals surface area contributed by atoms with E-state index in [9.17, 15) is 0 Å². The van der Waals surface area contributed by atoms with E-state index in [4.69, 9.17) is 11.6 Å². The average Bonchev–Trinajstić information content (AvgIpc) is 2.22. The van der Waals surface area contributed by atoms with Gasteiger partial charge in [0.1, 0.15) is 0 Å². The van der Waals surface area contributed by atoms with Gasteiger partial charge in [-0.25, -0.2) is 9.97 Å². The van der Waals surface area contributed by atoms with Crippen molar-refractivity contribution in [1.29, 1.82) is 0 Å². The zero-order valence-corrected chi connectivity index (χ0v) is 9.20. The highest BCUT2D eigenvalue weighted by atomic mass is 35.5. The molecule has 0 atom stereocenters. The highest BCUT2D eigenvalue weighted by Gasteiger charge is 2.01. The normalized spacial score (nSPS) is 10.3. The first-order chi connectivity index (χ1) is 7.25. The minimum Gasteiger partial charge on any atom is -0.227 e. The highest BCUT2D eigenvalue weighted by molar-refractivity contribution is 6.28. The van der Waals surface area contributed by atoms with Gasteiger partial charge in [-0.15, -0.1) is 0 Å². The fourth-order valence-electron chi connectivity index (χ4n) is 1.47. The van der Waals surface area contributed by atoms with Crippen molar-refractivity contribution in [2.75, 3.05) is 0 Å². The standard InChI is InChI=1S/C12H11ClN2/c1-9-4-2-3-5-10(9)8-11-6-7-14-12(13)15-11/h2-7H,8H2,1H3. The van der Waals surface area contributed by atoms with Gasteiger partial charge in [-0.3, -0.25) is 0 Å². The average molecular weight is 219 g/mol. The second-order valence-electron chi connectivity index (χ2n) is 3.42. The van der Waals surface area contributed by atoms with Gasteiger partial charge < -0.3 is 0 Å². The molecule has 1 aromatic heterocycles. The van der Waals surface area contributed by atoms with E-state index < -0.39 is 0 Å². The molecule has 0 bridgehead atoms. The number of benzene rings is 1. The predicted molar refractivity (Wildman–Crippen MR) is 61.0 cm³/mol. The van der Waals surface area contributed by atoms with Crippen LogP contribution in [0.1, 0.15) is 16.8 Å². The van der Waals surface area contributed by atoms with Crippen LogP contribution < -0.4 is 0 Å². The number of hydrogen-bond donors (Lipinski definition) is 0. The van der Waals surface area contributed by atoms with Crippen LogP contribution in [0.3, 0.4) is 0 Å². The number of nitrogens with zero attached hydrogens (tertiary/aromatic N) is 2. The Labute approximate surface area is 94.0 Å². The Hall–Kier alpha value is -1.41. The molecule has 3 heteroatoms. The van der Waals surface area contributed by atoms with Crippen LogP contribution in [0, 0.1) is 6.92 Å². The first-order valence-electron chi connectivity index (χ1n) is 4.77. The van der Waals surface area contributed by atoms with Crippen LogP contribution in [0.5, 0.6) is 0 Å². The quantitative estimate of drug-likeness (QED) is 0.725. The summed E-state index contributed by atoms with van der Waals surface area (Å²) in [6.07, 6.45) is 2.48. The summed E-state index contributed by atoms with van der Waals surface area (Å²) in [6, 6.07) is 10.2. The molecule has 2 aromatic rings. The van der Waals surface area contributed by atoms with E-state index in [1.54, 1.807) is 6.20 Å². The summed E-state index contributed by atoms with van der Waals surface area (Å²) in [5.74, 6) is 0. The van der Waals surface area contributed by atoms with E-state index in [0.29, 0.717) is 5.28 Å². The molecule has 15 heavy (non-hydrogen) atoms. The van der Waals surface area contributed by atoms with E-state index in [-0.39, 0.29) is 0 Å². The van der Waals surface area contributed by atoms with Crippen molar-refractivity contribution < 1.29 is 0 Å². The Bertz CT molecular complexity index is 469. The summed E-state index contributed by atoms with van der Waals surface area (Å²) in [6.45, 7) is 2.10. The summed E-state index contributed by atoms with van der Waals surface area (Å²) < 4.78 is 0. The Morgan fingerprint density at radius 3 is 2.73 bits per heavy atom. The molecule has 0 saturated carbocycles. The van der Waals surface area contributed by atoms with Gasteiger partial charge in [0, 0.05) is 18.3 Å². The van der Waals surface area contributed by atoms with Crippen molar-refractivity contribution in [2.24, 2.45) is 0 Å². The van der Waals surface area contributed by atoms with Gasteiger partial charge in [-0.1, -0.05) is 24.3 Å². The molecule has 0 aliphatic heterocycles. The first kappa shape index (κ1) is 10.1. The van der Waals surface area contributed by atoms with Gasteiger partial charge in [0.25, 0.3) is 0 Å². The summed E-state index contributed by atoms with van der Waals surface area (Å²) in [5, 5.41) is 0.307. The Morgan fingerprint density at radius 1 is 1.20 bits per heavy atom. The smallest absolute Gasteiger partial charge is 0.222 e. The molecule has 1 heterocycles. The molecule has 0 N–H and O–H groups in total. The topological polar surface area (TPSA) is 25.8 Å². The summed E-state index contributed by atoms with van der Waals surface area (Å²) in [7, 11) is 0. The lowest BCUT2D eigenvalue weighted by molar-refractivity contribution is 1.02. The van der Waals surface area contributed by atoms with E-state index in [1.165, 1.54) is 11.1 Å². The summed E-state index contributed by atoms with van der Waals surface area (Å²) in [4.78, 5) is 8.02. The molecule has 1 aromatic carbocycles. The molecule has 0 aliphatic carbocycles. The second kappa shape index (κ2) is 4.41. The van der Waals surface area contributed by atoms with Crippen molar-refractivity contribution in [2.45, 2.75) is 13.3 Å². The summed E-state index contributed by atoms with van der Waals surface area (Å²) >= 11 is 5.73. The van der Waals surface area contributed by atoms with Gasteiger partial charge in [-0.2, -0.15) is 0 Å². The van der Waals surface area contributed by atoms with Crippen LogP contribution in [0.4, 0.5) is 0 Å². The van der Waals surface area contributed by atoms with Crippen LogP contribution in [0.25, 0.3) is 0 Å². The van der Waals surface area contributed by atoms with E-state index in [1.807, 2.05) is 18.2 Å². The van der Waals surface area contributed by atoms with Crippen molar-refractivity contribution >= 4 is 11.6 Å². The monoisotopic (exact) mass is 218 g/mol. The maximum Gasteiger partial charge on any atom is 0.222 e. The maximum atomic E-state index is 5.73. The molecule has 0 unspecified atom stereocenters. The number of aryl methyl sites for hydroxylation is 1. The van der Waals surface area contributed by atoms with E-state index in [0.717, 1.165) is 12.1 Å². The zero-order valence-electron chi connectivity index (χ0n) is 8.44. The number of halogens is 1. The molecule has 2 rings (SSSR count). The first-order valence-corrected chi connectivity index (χ1v) is 5.15. The van der Waals surface area contributed by atoms with E-state index in [2.05, 4.69) is 29.0 Å². The Kier molecular flexibility index (Phi) is 2.97. The van der Waals surface area contributed by atoms with Crippen LogP contribution in [-0.4, -0.2) is 9.97 Å². The molecule has 2 nitrogen and oxygen atoms in total. The largest absolute Gasteiger partial charge is 0.227 e. The third-order valence-electron chi connectivity index (χ3n) is 2.32. The van der Waals surface area contributed by atoms with E-state index >= 15 is 0 Å². The summed E-state index contributed by atoms with van der Waals surface area (Å²) in [5.41, 5.74) is 3.49. The highest BCUT2D eigenvalue weighted by Crippen LogP contribution is 2.12. The fourth-order valence-corrected chi connectivity index (χ4v) is 1.64. The van der Waals surface area contributed by atoms with Crippen LogP contribution in [0.15, 0.2) is 36.5 Å². The lowest BCUT2D eigenvalue weighted by Gasteiger charge is -2.04. The number of aromatic nitrogens is 2. The van der Waals surface area contributed by atoms with Gasteiger partial charge in [0.2, 0.25) is 5.28 Å². The zero-order chi connectivity index (χ0) is 10.7. The van der Waals surface area contributed by atoms with Gasteiger partial charge in [0.05, 0.1) is 0 Å². The fraction of sp³-hybridized carbons (Fsp3) is 0.167. The van der Waals surface area contributed by atoms with Gasteiger partial charge >= 0.3 is 0 Å².